The molecular formula is C11H14FN3O4. The summed E-state index contributed by atoms with van der Waals surface area (Å²) in [4.78, 5) is 22.7. The molecule has 2 N–H and O–H groups in total. The Morgan fingerprint density at radius 1 is 1.53 bits per heavy atom. The van der Waals surface area contributed by atoms with Gasteiger partial charge >= 0.3 is 5.97 Å². The van der Waals surface area contributed by atoms with E-state index in [1.54, 1.807) is 0 Å². The van der Waals surface area contributed by atoms with Crippen molar-refractivity contribution >= 4 is 17.3 Å². The van der Waals surface area contributed by atoms with Crippen LogP contribution in [0.2, 0.25) is 0 Å². The number of carboxylic acids is 1. The molecular weight excluding hydrogens is 257 g/mol. The number of rotatable bonds is 6. The second-order valence-electron chi connectivity index (χ2n) is 4.14. The number of anilines is 1. The Hall–Kier alpha value is -2.22. The Bertz CT molecular complexity index is 505. The van der Waals surface area contributed by atoms with Crippen molar-refractivity contribution in [2.24, 2.45) is 0 Å². The number of likely N-dealkylation sites (N-methyl/N-ethyl adjacent to an activating group) is 1. The van der Waals surface area contributed by atoms with Crippen LogP contribution in [-0.4, -0.2) is 48.1 Å². The Balaban J connectivity index is 3.07. The fourth-order valence-electron chi connectivity index (χ4n) is 1.43. The Kier molecular flexibility index (Phi) is 4.76. The van der Waals surface area contributed by atoms with Crippen molar-refractivity contribution in [3.8, 4) is 0 Å². The monoisotopic (exact) mass is 271 g/mol. The zero-order valence-electron chi connectivity index (χ0n) is 10.5. The molecule has 0 aliphatic rings. The van der Waals surface area contributed by atoms with E-state index in [1.807, 2.05) is 19.0 Å². The van der Waals surface area contributed by atoms with Crippen LogP contribution in [0.3, 0.4) is 0 Å². The van der Waals surface area contributed by atoms with Gasteiger partial charge in [-0.2, -0.15) is 0 Å². The van der Waals surface area contributed by atoms with Gasteiger partial charge in [0.1, 0.15) is 11.5 Å². The number of benzene rings is 1. The first-order chi connectivity index (χ1) is 8.82. The highest BCUT2D eigenvalue weighted by atomic mass is 19.1. The zero-order valence-corrected chi connectivity index (χ0v) is 10.5. The average molecular weight is 271 g/mol. The van der Waals surface area contributed by atoms with Crippen molar-refractivity contribution < 1.29 is 19.2 Å². The summed E-state index contributed by atoms with van der Waals surface area (Å²) in [5, 5.41) is 22.3. The molecule has 0 bridgehead atoms. The molecule has 1 aromatic carbocycles. The fourth-order valence-corrected chi connectivity index (χ4v) is 1.43. The van der Waals surface area contributed by atoms with Crippen molar-refractivity contribution in [2.75, 3.05) is 32.5 Å². The number of nitro benzene ring substituents is 1. The number of carbonyl (C=O) groups is 1. The third-order valence-corrected chi connectivity index (χ3v) is 2.39. The van der Waals surface area contributed by atoms with Gasteiger partial charge in [0.25, 0.3) is 5.69 Å². The van der Waals surface area contributed by atoms with Crippen LogP contribution >= 0.6 is 0 Å². The van der Waals surface area contributed by atoms with Crippen LogP contribution in [0.25, 0.3) is 0 Å². The second-order valence-corrected chi connectivity index (χ2v) is 4.14. The summed E-state index contributed by atoms with van der Waals surface area (Å²) in [5.41, 5.74) is -1.09. The lowest BCUT2D eigenvalue weighted by Crippen LogP contribution is -2.21. The van der Waals surface area contributed by atoms with Gasteiger partial charge in [-0.05, 0) is 20.2 Å². The summed E-state index contributed by atoms with van der Waals surface area (Å²) in [6, 6.07) is 1.55. The minimum Gasteiger partial charge on any atom is -0.478 e. The van der Waals surface area contributed by atoms with Gasteiger partial charge in [0.2, 0.25) is 0 Å². The van der Waals surface area contributed by atoms with Gasteiger partial charge in [0.15, 0.2) is 0 Å². The second kappa shape index (κ2) is 6.10. The number of nitro groups is 1. The molecule has 0 heterocycles. The molecule has 0 aliphatic carbocycles. The number of hydrogen-bond donors (Lipinski definition) is 2. The molecule has 0 atom stereocenters. The summed E-state index contributed by atoms with van der Waals surface area (Å²) in [6.07, 6.45) is 0. The Labute approximate surface area is 108 Å². The molecule has 7 nitrogen and oxygen atoms in total. The largest absolute Gasteiger partial charge is 0.478 e. The standard InChI is InChI=1S/C11H14FN3O4/c1-14(2)4-3-13-9-5-7(11(16)17)8(12)6-10(9)15(18)19/h5-6,13H,3-4H2,1-2H3,(H,16,17). The van der Waals surface area contributed by atoms with E-state index in [0.29, 0.717) is 19.2 Å². The molecule has 0 saturated heterocycles. The van der Waals surface area contributed by atoms with Gasteiger partial charge in [-0.15, -0.1) is 0 Å². The van der Waals surface area contributed by atoms with Crippen LogP contribution in [0.15, 0.2) is 12.1 Å². The van der Waals surface area contributed by atoms with Crippen molar-refractivity contribution in [3.63, 3.8) is 0 Å². The van der Waals surface area contributed by atoms with E-state index in [9.17, 15) is 19.3 Å². The smallest absolute Gasteiger partial charge is 0.338 e. The van der Waals surface area contributed by atoms with E-state index >= 15 is 0 Å². The molecule has 8 heteroatoms. The van der Waals surface area contributed by atoms with E-state index in [-0.39, 0.29) is 5.69 Å². The quantitative estimate of drug-likeness (QED) is 0.600. The van der Waals surface area contributed by atoms with Crippen molar-refractivity contribution in [1.82, 2.24) is 4.90 Å². The minimum atomic E-state index is -1.47. The molecule has 19 heavy (non-hydrogen) atoms. The van der Waals surface area contributed by atoms with E-state index in [4.69, 9.17) is 5.11 Å². The topological polar surface area (TPSA) is 95.7 Å². The normalized spacial score (nSPS) is 10.5. The molecule has 0 amide bonds. The third kappa shape index (κ3) is 3.88. The first-order valence-electron chi connectivity index (χ1n) is 5.42. The summed E-state index contributed by atoms with van der Waals surface area (Å²) in [5.74, 6) is -2.60. The summed E-state index contributed by atoms with van der Waals surface area (Å²) in [7, 11) is 3.65. The van der Waals surface area contributed by atoms with E-state index in [1.165, 1.54) is 0 Å². The van der Waals surface area contributed by atoms with Gasteiger partial charge in [-0.3, -0.25) is 10.1 Å². The summed E-state index contributed by atoms with van der Waals surface area (Å²) >= 11 is 0. The number of nitrogens with zero attached hydrogens (tertiary/aromatic N) is 2. The first kappa shape index (κ1) is 14.8. The maximum absolute atomic E-state index is 13.4. The van der Waals surface area contributed by atoms with Gasteiger partial charge in [-0.25, -0.2) is 9.18 Å². The van der Waals surface area contributed by atoms with Crippen LogP contribution in [0.4, 0.5) is 15.8 Å². The molecule has 0 aliphatic heterocycles. The molecule has 104 valence electrons. The van der Waals surface area contributed by atoms with Crippen LogP contribution in [0, 0.1) is 15.9 Å². The summed E-state index contributed by atoms with van der Waals surface area (Å²) < 4.78 is 13.4. The maximum Gasteiger partial charge on any atom is 0.338 e. The van der Waals surface area contributed by atoms with Crippen LogP contribution in [0.1, 0.15) is 10.4 Å². The van der Waals surface area contributed by atoms with Crippen LogP contribution in [0.5, 0.6) is 0 Å². The lowest BCUT2D eigenvalue weighted by atomic mass is 10.1. The molecule has 0 saturated carbocycles. The predicted octanol–water partition coefficient (Wildman–Crippen LogP) is 1.41. The van der Waals surface area contributed by atoms with Crippen LogP contribution < -0.4 is 5.32 Å². The lowest BCUT2D eigenvalue weighted by Gasteiger charge is -2.12. The molecule has 1 rings (SSSR count). The third-order valence-electron chi connectivity index (χ3n) is 2.39. The number of aromatic carboxylic acids is 1. The van der Waals surface area contributed by atoms with E-state index in [2.05, 4.69) is 5.32 Å². The van der Waals surface area contributed by atoms with Crippen molar-refractivity contribution in [2.45, 2.75) is 0 Å². The van der Waals surface area contributed by atoms with Crippen molar-refractivity contribution in [3.05, 3.63) is 33.6 Å². The molecule has 0 fully saturated rings. The summed E-state index contributed by atoms with van der Waals surface area (Å²) in [6.45, 7) is 0.968. The van der Waals surface area contributed by atoms with E-state index < -0.39 is 28.0 Å². The highest BCUT2D eigenvalue weighted by molar-refractivity contribution is 5.90. The van der Waals surface area contributed by atoms with Gasteiger partial charge in [0.05, 0.1) is 16.6 Å². The predicted molar refractivity (Wildman–Crippen MR) is 67.1 cm³/mol. The van der Waals surface area contributed by atoms with Crippen molar-refractivity contribution in [1.29, 1.82) is 0 Å². The van der Waals surface area contributed by atoms with E-state index in [0.717, 1.165) is 6.07 Å². The van der Waals surface area contributed by atoms with Gasteiger partial charge in [-0.1, -0.05) is 0 Å². The first-order valence-corrected chi connectivity index (χ1v) is 5.42. The Morgan fingerprint density at radius 2 is 2.16 bits per heavy atom. The number of nitrogens with one attached hydrogen (secondary N) is 1. The van der Waals surface area contributed by atoms with Crippen LogP contribution in [-0.2, 0) is 0 Å². The fraction of sp³-hybridized carbons (Fsp3) is 0.364. The Morgan fingerprint density at radius 3 is 2.63 bits per heavy atom. The highest BCUT2D eigenvalue weighted by Crippen LogP contribution is 2.27. The molecule has 0 spiro atoms. The highest BCUT2D eigenvalue weighted by Gasteiger charge is 2.21. The number of hydrogen-bond acceptors (Lipinski definition) is 5. The molecule has 0 aromatic heterocycles. The van der Waals surface area contributed by atoms with Gasteiger partial charge < -0.3 is 15.3 Å². The molecule has 0 radical (unpaired) electrons. The lowest BCUT2D eigenvalue weighted by molar-refractivity contribution is -0.384. The minimum absolute atomic E-state index is 0.00866. The zero-order chi connectivity index (χ0) is 14.6. The average Bonchev–Trinajstić information content (AvgIpc) is 2.29. The maximum atomic E-state index is 13.4. The SMILES string of the molecule is CN(C)CCNc1cc(C(=O)O)c(F)cc1[N+](=O)[O-]. The van der Waals surface area contributed by atoms with Gasteiger partial charge in [0, 0.05) is 13.1 Å². The molecule has 0 unspecified atom stereocenters. The number of halogens is 1. The molecule has 1 aromatic rings. The number of carboxylic acid groups (broad SMARTS) is 1.